The van der Waals surface area contributed by atoms with Gasteiger partial charge in [0.25, 0.3) is 0 Å². The molecule has 6 nitrogen and oxygen atoms in total. The second kappa shape index (κ2) is 58.4. The molecule has 0 saturated carbocycles. The van der Waals surface area contributed by atoms with Gasteiger partial charge in [0.05, 0.1) is 25.4 Å². The number of carbonyl (C=O) groups excluding carboxylic acids is 2. The second-order valence-electron chi connectivity index (χ2n) is 20.7. The Balaban J connectivity index is 3.45. The molecule has 0 radical (unpaired) electrons. The van der Waals surface area contributed by atoms with Crippen molar-refractivity contribution < 1.29 is 24.5 Å². The van der Waals surface area contributed by atoms with Crippen LogP contribution in [0.15, 0.2) is 48.6 Å². The van der Waals surface area contributed by atoms with Crippen molar-refractivity contribution in [1.29, 1.82) is 0 Å². The van der Waals surface area contributed by atoms with Gasteiger partial charge in [-0.25, -0.2) is 0 Å². The Kier molecular flexibility index (Phi) is 56.5. The van der Waals surface area contributed by atoms with Gasteiger partial charge in [-0.2, -0.15) is 0 Å². The van der Waals surface area contributed by atoms with E-state index < -0.39 is 12.1 Å². The summed E-state index contributed by atoms with van der Waals surface area (Å²) in [6.07, 6.45) is 74.3. The van der Waals surface area contributed by atoms with Crippen molar-refractivity contribution in [1.82, 2.24) is 5.32 Å². The highest BCUT2D eigenvalue weighted by Gasteiger charge is 2.18. The summed E-state index contributed by atoms with van der Waals surface area (Å²) in [5.74, 6) is -0.0799. The third kappa shape index (κ3) is 55.0. The first-order valence-electron chi connectivity index (χ1n) is 30.4. The molecule has 1 amide bonds. The molecular weight excluding hydrogens is 851 g/mol. The maximum Gasteiger partial charge on any atom is 0.305 e. The number of aliphatic hydroxyl groups excluding tert-OH is 2. The van der Waals surface area contributed by atoms with E-state index in [0.29, 0.717) is 19.4 Å². The van der Waals surface area contributed by atoms with E-state index in [9.17, 15) is 19.8 Å². The summed E-state index contributed by atoms with van der Waals surface area (Å²) in [5.41, 5.74) is 0. The van der Waals surface area contributed by atoms with Crippen LogP contribution < -0.4 is 5.32 Å². The summed E-state index contributed by atoms with van der Waals surface area (Å²) >= 11 is 0. The van der Waals surface area contributed by atoms with Crippen molar-refractivity contribution >= 4 is 11.9 Å². The second-order valence-corrected chi connectivity index (χ2v) is 20.7. The van der Waals surface area contributed by atoms with Crippen LogP contribution in [0.2, 0.25) is 0 Å². The molecule has 2 atom stereocenters. The molecule has 0 heterocycles. The van der Waals surface area contributed by atoms with E-state index in [4.69, 9.17) is 4.74 Å². The van der Waals surface area contributed by atoms with Gasteiger partial charge in [0, 0.05) is 12.8 Å². The highest BCUT2D eigenvalue weighted by Crippen LogP contribution is 2.16. The first-order valence-corrected chi connectivity index (χ1v) is 30.4. The Bertz CT molecular complexity index is 1160. The third-order valence-electron chi connectivity index (χ3n) is 13.8. The third-order valence-corrected chi connectivity index (χ3v) is 13.8. The Morgan fingerprint density at radius 3 is 1.14 bits per heavy atom. The van der Waals surface area contributed by atoms with E-state index in [1.165, 1.54) is 231 Å². The molecule has 0 spiro atoms. The van der Waals surface area contributed by atoms with Crippen molar-refractivity contribution in [2.24, 2.45) is 0 Å². The number of allylic oxidation sites excluding steroid dienone is 7. The molecule has 0 saturated heterocycles. The van der Waals surface area contributed by atoms with Crippen molar-refractivity contribution in [3.8, 4) is 0 Å². The average molecular weight is 969 g/mol. The van der Waals surface area contributed by atoms with Crippen molar-refractivity contribution in [2.75, 3.05) is 13.2 Å². The summed E-state index contributed by atoms with van der Waals surface area (Å²) in [6.45, 7) is 4.87. The molecule has 0 aliphatic rings. The lowest BCUT2D eigenvalue weighted by Crippen LogP contribution is -2.45. The summed E-state index contributed by atoms with van der Waals surface area (Å²) in [5, 5.41) is 23.1. The number of nitrogens with one attached hydrogen (secondary N) is 1. The van der Waals surface area contributed by atoms with E-state index in [2.05, 4.69) is 55.6 Å². The zero-order valence-electron chi connectivity index (χ0n) is 46.0. The fraction of sp³-hybridized carbons (Fsp3) is 0.841. The average Bonchev–Trinajstić information content (AvgIpc) is 3.35. The molecule has 69 heavy (non-hydrogen) atoms. The highest BCUT2D eigenvalue weighted by atomic mass is 16.5. The lowest BCUT2D eigenvalue weighted by molar-refractivity contribution is -0.143. The number of hydrogen-bond donors (Lipinski definition) is 3. The minimum Gasteiger partial charge on any atom is -0.466 e. The highest BCUT2D eigenvalue weighted by molar-refractivity contribution is 5.76. The Morgan fingerprint density at radius 1 is 0.406 bits per heavy atom. The largest absolute Gasteiger partial charge is 0.466 e. The minimum absolute atomic E-state index is 0.00503. The van der Waals surface area contributed by atoms with E-state index in [1.807, 2.05) is 6.08 Å². The predicted octanol–water partition coefficient (Wildman–Crippen LogP) is 19.0. The molecule has 6 heteroatoms. The van der Waals surface area contributed by atoms with Gasteiger partial charge in [0.2, 0.25) is 5.91 Å². The van der Waals surface area contributed by atoms with E-state index in [0.717, 1.165) is 57.8 Å². The number of ether oxygens (including phenoxy) is 1. The lowest BCUT2D eigenvalue weighted by atomic mass is 10.0. The number of unbranched alkanes of at least 4 members (excludes halogenated alkanes) is 39. The standard InChI is InChI=1S/C63H117NO5/c1-3-5-7-9-11-13-15-17-27-31-35-39-43-47-51-55-61(66)60(59-65)64-62(67)56-52-48-44-40-36-32-29-25-23-21-19-20-22-24-26-30-34-38-42-46-50-54-58-69-63(68)57-53-49-45-41-37-33-28-18-16-14-12-10-8-6-4-2/h12,14,18,21,23,28,51,55,60-61,65-66H,3-11,13,15-17,19-20,22,24-27,29-50,52-54,56-59H2,1-2H3,(H,64,67)/b14-12-,23-21-,28-18-,55-51+. The lowest BCUT2D eigenvalue weighted by Gasteiger charge is -2.20. The van der Waals surface area contributed by atoms with Gasteiger partial charge in [-0.1, -0.05) is 262 Å². The Labute approximate surface area is 429 Å². The number of rotatable bonds is 56. The van der Waals surface area contributed by atoms with Crippen LogP contribution in [0, 0.1) is 0 Å². The normalized spacial score (nSPS) is 12.9. The van der Waals surface area contributed by atoms with Crippen LogP contribution in [0.1, 0.15) is 316 Å². The molecule has 0 aromatic rings. The van der Waals surface area contributed by atoms with Crippen LogP contribution >= 0.6 is 0 Å². The molecule has 0 aromatic carbocycles. The molecule has 404 valence electrons. The maximum absolute atomic E-state index is 12.5. The van der Waals surface area contributed by atoms with Gasteiger partial charge in [-0.05, 0) is 89.9 Å². The topological polar surface area (TPSA) is 95.9 Å². The fourth-order valence-corrected chi connectivity index (χ4v) is 9.13. The molecule has 0 aromatic heterocycles. The molecule has 0 aliphatic carbocycles. The van der Waals surface area contributed by atoms with Crippen LogP contribution in [0.3, 0.4) is 0 Å². The van der Waals surface area contributed by atoms with Gasteiger partial charge in [-0.15, -0.1) is 0 Å². The van der Waals surface area contributed by atoms with Crippen LogP contribution in [0.5, 0.6) is 0 Å². The smallest absolute Gasteiger partial charge is 0.305 e. The van der Waals surface area contributed by atoms with Crippen molar-refractivity contribution in [2.45, 2.75) is 328 Å². The van der Waals surface area contributed by atoms with Gasteiger partial charge in [-0.3, -0.25) is 9.59 Å². The van der Waals surface area contributed by atoms with Crippen molar-refractivity contribution in [3.05, 3.63) is 48.6 Å². The number of amides is 1. The zero-order valence-corrected chi connectivity index (χ0v) is 46.0. The number of aliphatic hydroxyl groups is 2. The van der Waals surface area contributed by atoms with Gasteiger partial charge in [0.15, 0.2) is 0 Å². The molecule has 2 unspecified atom stereocenters. The Hall–Kier alpha value is -2.18. The SMILES string of the molecule is CCCCC/C=C\C/C=C\CCCCCCCC(=O)OCCCCCCCCCCCCC/C=C\CCCCCCCCCC(=O)NC(CO)C(O)/C=C/CCCCCCCCCCCCCCC. The van der Waals surface area contributed by atoms with Crippen LogP contribution in [0.4, 0.5) is 0 Å². The van der Waals surface area contributed by atoms with E-state index in [1.54, 1.807) is 6.08 Å². The fourth-order valence-electron chi connectivity index (χ4n) is 9.13. The summed E-state index contributed by atoms with van der Waals surface area (Å²) in [4.78, 5) is 24.5. The molecule has 0 bridgehead atoms. The number of hydrogen-bond acceptors (Lipinski definition) is 5. The van der Waals surface area contributed by atoms with Gasteiger partial charge in [0.1, 0.15) is 0 Å². The molecule has 0 aliphatic heterocycles. The molecule has 0 fully saturated rings. The molecule has 0 rings (SSSR count). The molecular formula is C63H117NO5. The van der Waals surface area contributed by atoms with E-state index in [-0.39, 0.29) is 18.5 Å². The number of carbonyl (C=O) groups is 2. The summed E-state index contributed by atoms with van der Waals surface area (Å²) < 4.78 is 5.47. The predicted molar refractivity (Wildman–Crippen MR) is 301 cm³/mol. The van der Waals surface area contributed by atoms with Crippen molar-refractivity contribution in [3.63, 3.8) is 0 Å². The van der Waals surface area contributed by atoms with Gasteiger partial charge >= 0.3 is 5.97 Å². The number of esters is 1. The maximum atomic E-state index is 12.5. The van der Waals surface area contributed by atoms with Crippen LogP contribution in [-0.2, 0) is 14.3 Å². The first kappa shape index (κ1) is 66.8. The summed E-state index contributed by atoms with van der Waals surface area (Å²) in [6, 6.07) is -0.634. The van der Waals surface area contributed by atoms with Crippen LogP contribution in [0.25, 0.3) is 0 Å². The van der Waals surface area contributed by atoms with Crippen LogP contribution in [-0.4, -0.2) is 47.4 Å². The monoisotopic (exact) mass is 968 g/mol. The summed E-state index contributed by atoms with van der Waals surface area (Å²) in [7, 11) is 0. The van der Waals surface area contributed by atoms with Gasteiger partial charge < -0.3 is 20.3 Å². The Morgan fingerprint density at radius 2 is 0.725 bits per heavy atom. The first-order chi connectivity index (χ1) is 34.0. The minimum atomic E-state index is -0.849. The zero-order chi connectivity index (χ0) is 50.0. The van der Waals surface area contributed by atoms with E-state index >= 15 is 0 Å². The quantitative estimate of drug-likeness (QED) is 0.0321. The molecule has 3 N–H and O–H groups in total.